The lowest BCUT2D eigenvalue weighted by Gasteiger charge is -2.38. The van der Waals surface area contributed by atoms with Gasteiger partial charge in [0.25, 0.3) is 0 Å². The lowest BCUT2D eigenvalue weighted by Crippen LogP contribution is -2.28. The van der Waals surface area contributed by atoms with E-state index in [2.05, 4.69) is 24.5 Å². The highest BCUT2D eigenvalue weighted by Gasteiger charge is 2.33. The van der Waals surface area contributed by atoms with E-state index < -0.39 is 0 Å². The van der Waals surface area contributed by atoms with Crippen LogP contribution in [0.4, 0.5) is 0 Å². The lowest BCUT2D eigenvalue weighted by atomic mass is 9.67. The molecule has 1 fully saturated rings. The molecule has 1 heterocycles. The van der Waals surface area contributed by atoms with Crippen LogP contribution in [0.25, 0.3) is 0 Å². The van der Waals surface area contributed by atoms with Gasteiger partial charge in [0.1, 0.15) is 0 Å². The molecule has 0 atom stereocenters. The van der Waals surface area contributed by atoms with Crippen LogP contribution in [0, 0.1) is 11.3 Å². The molecule has 1 spiro atoms. The number of rotatable bonds is 0. The van der Waals surface area contributed by atoms with E-state index in [0.29, 0.717) is 5.41 Å². The average molecular weight is 179 g/mol. The predicted molar refractivity (Wildman–Crippen MR) is 56.4 cm³/mol. The van der Waals surface area contributed by atoms with Gasteiger partial charge in [-0.3, -0.25) is 0 Å². The fourth-order valence-electron chi connectivity index (χ4n) is 2.74. The van der Waals surface area contributed by atoms with Gasteiger partial charge in [-0.2, -0.15) is 0 Å². The Bertz CT molecular complexity index is 187. The Labute approximate surface area is 81.6 Å². The summed E-state index contributed by atoms with van der Waals surface area (Å²) in [6, 6.07) is 0. The Hall–Kier alpha value is -0.460. The van der Waals surface area contributed by atoms with Gasteiger partial charge < -0.3 is 5.32 Å². The zero-order valence-corrected chi connectivity index (χ0v) is 8.68. The van der Waals surface area contributed by atoms with E-state index in [1.54, 1.807) is 0 Å². The zero-order chi connectivity index (χ0) is 9.15. The van der Waals surface area contributed by atoms with Crippen LogP contribution < -0.4 is 5.32 Å². The maximum absolute atomic E-state index is 3.35. The summed E-state index contributed by atoms with van der Waals surface area (Å²) in [4.78, 5) is 0. The highest BCUT2D eigenvalue weighted by molar-refractivity contribution is 4.96. The van der Waals surface area contributed by atoms with Crippen molar-refractivity contribution < 1.29 is 0 Å². The Morgan fingerprint density at radius 1 is 1.23 bits per heavy atom. The lowest BCUT2D eigenvalue weighted by molar-refractivity contribution is 0.148. The van der Waals surface area contributed by atoms with E-state index in [9.17, 15) is 0 Å². The van der Waals surface area contributed by atoms with Crippen molar-refractivity contribution in [1.29, 1.82) is 0 Å². The molecule has 0 amide bonds. The standard InChI is InChI=1S/C12H21N/c1-11-3-6-12(7-4-11)5-2-9-13-10-8-12/h2,9,11,13H,3-8,10H2,1H3. The summed E-state index contributed by atoms with van der Waals surface area (Å²) < 4.78 is 0. The fraction of sp³-hybridized carbons (Fsp3) is 0.833. The van der Waals surface area contributed by atoms with Crippen LogP contribution in [0.2, 0.25) is 0 Å². The number of hydrogen-bond acceptors (Lipinski definition) is 1. The Balaban J connectivity index is 1.98. The number of nitrogens with one attached hydrogen (secondary N) is 1. The van der Waals surface area contributed by atoms with Crippen molar-refractivity contribution >= 4 is 0 Å². The highest BCUT2D eigenvalue weighted by atomic mass is 14.8. The predicted octanol–water partition coefficient (Wildman–Crippen LogP) is 3.08. The topological polar surface area (TPSA) is 12.0 Å². The summed E-state index contributed by atoms with van der Waals surface area (Å²) in [5.74, 6) is 0.978. The monoisotopic (exact) mass is 179 g/mol. The minimum atomic E-state index is 0.673. The smallest absolute Gasteiger partial charge is 0.0146 e. The van der Waals surface area contributed by atoms with E-state index in [-0.39, 0.29) is 0 Å². The van der Waals surface area contributed by atoms with Gasteiger partial charge in [0.15, 0.2) is 0 Å². The summed E-state index contributed by atoms with van der Waals surface area (Å²) >= 11 is 0. The van der Waals surface area contributed by atoms with Gasteiger partial charge in [-0.05, 0) is 43.2 Å². The maximum Gasteiger partial charge on any atom is 0.0146 e. The first-order chi connectivity index (χ1) is 6.31. The summed E-state index contributed by atoms with van der Waals surface area (Å²) in [7, 11) is 0. The van der Waals surface area contributed by atoms with E-state index in [4.69, 9.17) is 0 Å². The molecule has 1 heteroatoms. The van der Waals surface area contributed by atoms with Crippen molar-refractivity contribution in [3.63, 3.8) is 0 Å². The summed E-state index contributed by atoms with van der Waals surface area (Å²) in [5.41, 5.74) is 0.673. The van der Waals surface area contributed by atoms with Crippen molar-refractivity contribution in [3.8, 4) is 0 Å². The average Bonchev–Trinajstić information content (AvgIpc) is 2.37. The van der Waals surface area contributed by atoms with E-state index in [1.807, 2.05) is 0 Å². The molecule has 0 bridgehead atoms. The van der Waals surface area contributed by atoms with Crippen LogP contribution in [0.15, 0.2) is 12.3 Å². The maximum atomic E-state index is 3.35. The van der Waals surface area contributed by atoms with Gasteiger partial charge in [-0.15, -0.1) is 0 Å². The molecule has 2 rings (SSSR count). The molecule has 1 N–H and O–H groups in total. The van der Waals surface area contributed by atoms with Crippen LogP contribution in [0.5, 0.6) is 0 Å². The van der Waals surface area contributed by atoms with E-state index in [1.165, 1.54) is 45.1 Å². The third kappa shape index (κ3) is 2.07. The first-order valence-electron chi connectivity index (χ1n) is 5.69. The van der Waals surface area contributed by atoms with Gasteiger partial charge in [0.05, 0.1) is 0 Å². The molecule has 0 unspecified atom stereocenters. The van der Waals surface area contributed by atoms with Crippen LogP contribution in [0.3, 0.4) is 0 Å². The number of hydrogen-bond donors (Lipinski definition) is 1. The molecular weight excluding hydrogens is 158 g/mol. The Kier molecular flexibility index (Phi) is 2.61. The van der Waals surface area contributed by atoms with Crippen molar-refractivity contribution in [1.82, 2.24) is 5.32 Å². The molecule has 1 saturated carbocycles. The third-order valence-corrected chi connectivity index (χ3v) is 3.92. The SMILES string of the molecule is CC1CCC2(CC=CNCC2)CC1. The summed E-state index contributed by atoms with van der Waals surface area (Å²) in [5, 5.41) is 3.35. The minimum Gasteiger partial charge on any atom is -0.391 e. The fourth-order valence-corrected chi connectivity index (χ4v) is 2.74. The quantitative estimate of drug-likeness (QED) is 0.602. The zero-order valence-electron chi connectivity index (χ0n) is 8.68. The van der Waals surface area contributed by atoms with Gasteiger partial charge >= 0.3 is 0 Å². The molecule has 0 saturated heterocycles. The molecule has 74 valence electrons. The second kappa shape index (κ2) is 3.73. The molecular formula is C12H21N. The van der Waals surface area contributed by atoms with E-state index >= 15 is 0 Å². The Morgan fingerprint density at radius 2 is 2.00 bits per heavy atom. The Morgan fingerprint density at radius 3 is 2.77 bits per heavy atom. The molecule has 0 aromatic rings. The first-order valence-corrected chi connectivity index (χ1v) is 5.69. The molecule has 1 nitrogen and oxygen atoms in total. The van der Waals surface area contributed by atoms with Gasteiger partial charge in [-0.25, -0.2) is 0 Å². The van der Waals surface area contributed by atoms with Crippen molar-refractivity contribution in [2.75, 3.05) is 6.54 Å². The van der Waals surface area contributed by atoms with E-state index in [0.717, 1.165) is 5.92 Å². The molecule has 0 aromatic heterocycles. The van der Waals surface area contributed by atoms with Crippen LogP contribution >= 0.6 is 0 Å². The molecule has 2 aliphatic rings. The van der Waals surface area contributed by atoms with Gasteiger partial charge in [0, 0.05) is 6.54 Å². The third-order valence-electron chi connectivity index (χ3n) is 3.92. The highest BCUT2D eigenvalue weighted by Crippen LogP contribution is 2.44. The normalized spacial score (nSPS) is 39.9. The first kappa shape index (κ1) is 9.11. The van der Waals surface area contributed by atoms with Crippen molar-refractivity contribution in [3.05, 3.63) is 12.3 Å². The summed E-state index contributed by atoms with van der Waals surface area (Å²) in [6.07, 6.45) is 13.0. The molecule has 0 radical (unpaired) electrons. The number of allylic oxidation sites excluding steroid dienone is 1. The molecule has 1 aliphatic carbocycles. The molecule has 0 aromatic carbocycles. The summed E-state index contributed by atoms with van der Waals surface area (Å²) in [6.45, 7) is 3.59. The van der Waals surface area contributed by atoms with Gasteiger partial charge in [0.2, 0.25) is 0 Å². The van der Waals surface area contributed by atoms with Crippen LogP contribution in [-0.2, 0) is 0 Å². The second-order valence-corrected chi connectivity index (χ2v) is 4.99. The van der Waals surface area contributed by atoms with Crippen LogP contribution in [-0.4, -0.2) is 6.54 Å². The van der Waals surface area contributed by atoms with Crippen molar-refractivity contribution in [2.24, 2.45) is 11.3 Å². The molecule has 1 aliphatic heterocycles. The largest absolute Gasteiger partial charge is 0.391 e. The van der Waals surface area contributed by atoms with Crippen molar-refractivity contribution in [2.45, 2.75) is 45.4 Å². The van der Waals surface area contributed by atoms with Crippen LogP contribution in [0.1, 0.15) is 45.4 Å². The molecule has 13 heavy (non-hydrogen) atoms. The second-order valence-electron chi connectivity index (χ2n) is 4.99. The van der Waals surface area contributed by atoms with Gasteiger partial charge in [-0.1, -0.05) is 25.8 Å². The minimum absolute atomic E-state index is 0.673.